The van der Waals surface area contributed by atoms with Crippen molar-refractivity contribution >= 4 is 21.9 Å². The Morgan fingerprint density at radius 1 is 1.54 bits per heavy atom. The molecule has 0 saturated carbocycles. The minimum absolute atomic E-state index is 0.0625. The highest BCUT2D eigenvalue weighted by atomic mass is 79.9. The van der Waals surface area contributed by atoms with E-state index in [9.17, 15) is 4.79 Å². The number of benzene rings is 1. The molecule has 0 saturated heterocycles. The van der Waals surface area contributed by atoms with Gasteiger partial charge in [0.25, 0.3) is 0 Å². The lowest BCUT2D eigenvalue weighted by molar-refractivity contribution is -0.142. The van der Waals surface area contributed by atoms with Crippen LogP contribution in [0, 0.1) is 0 Å². The third-order valence-electron chi connectivity index (χ3n) is 1.38. The number of rotatable bonds is 3. The molecule has 13 heavy (non-hydrogen) atoms. The molecule has 0 fully saturated rings. The van der Waals surface area contributed by atoms with Crippen molar-refractivity contribution in [3.63, 3.8) is 0 Å². The smallest absolute Gasteiger partial charge is 0.343 e. The van der Waals surface area contributed by atoms with Gasteiger partial charge in [-0.05, 0) is 18.2 Å². The third-order valence-corrected chi connectivity index (χ3v) is 1.87. The second-order valence-corrected chi connectivity index (χ2v) is 3.24. The number of ether oxygens (including phenoxy) is 2. The number of hydrogen-bond acceptors (Lipinski definition) is 3. The first kappa shape index (κ1) is 10.1. The Bertz CT molecular complexity index is 299. The Labute approximate surface area is 84.8 Å². The van der Waals surface area contributed by atoms with Crippen molar-refractivity contribution < 1.29 is 14.3 Å². The summed E-state index contributed by atoms with van der Waals surface area (Å²) in [5.74, 6) is 0.250. The van der Waals surface area contributed by atoms with Crippen LogP contribution in [-0.4, -0.2) is 19.7 Å². The summed E-state index contributed by atoms with van der Waals surface area (Å²) in [6.45, 7) is -0.0625. The van der Waals surface area contributed by atoms with Crippen LogP contribution in [0.15, 0.2) is 28.7 Å². The van der Waals surface area contributed by atoms with Gasteiger partial charge in [-0.3, -0.25) is 0 Å². The van der Waals surface area contributed by atoms with E-state index < -0.39 is 0 Å². The van der Waals surface area contributed by atoms with Crippen LogP contribution in [0.25, 0.3) is 0 Å². The second-order valence-electron chi connectivity index (χ2n) is 2.32. The summed E-state index contributed by atoms with van der Waals surface area (Å²) in [5.41, 5.74) is 0. The van der Waals surface area contributed by atoms with Crippen LogP contribution < -0.4 is 4.74 Å². The van der Waals surface area contributed by atoms with E-state index in [1.165, 1.54) is 7.11 Å². The van der Waals surface area contributed by atoms with Gasteiger partial charge in [0.1, 0.15) is 5.75 Å². The molecular weight excluding hydrogens is 236 g/mol. The van der Waals surface area contributed by atoms with Gasteiger partial charge >= 0.3 is 5.97 Å². The highest BCUT2D eigenvalue weighted by molar-refractivity contribution is 9.10. The molecule has 0 radical (unpaired) electrons. The van der Waals surface area contributed by atoms with Crippen molar-refractivity contribution in [3.8, 4) is 5.75 Å². The quantitative estimate of drug-likeness (QED) is 0.764. The predicted octanol–water partition coefficient (Wildman–Crippen LogP) is 2.00. The molecule has 0 spiro atoms. The first-order chi connectivity index (χ1) is 6.22. The first-order valence-electron chi connectivity index (χ1n) is 3.67. The molecular formula is C9H9BrO3. The number of carbonyl (C=O) groups excluding carboxylic acids is 1. The zero-order chi connectivity index (χ0) is 9.68. The van der Waals surface area contributed by atoms with Gasteiger partial charge in [-0.2, -0.15) is 0 Å². The summed E-state index contributed by atoms with van der Waals surface area (Å²) in [6.07, 6.45) is 0. The fourth-order valence-corrected chi connectivity index (χ4v) is 1.14. The summed E-state index contributed by atoms with van der Waals surface area (Å²) >= 11 is 3.29. The summed E-state index contributed by atoms with van der Waals surface area (Å²) in [5, 5.41) is 0. The number of hydrogen-bond donors (Lipinski definition) is 0. The minimum atomic E-state index is -0.389. The molecule has 0 unspecified atom stereocenters. The molecule has 0 atom stereocenters. The summed E-state index contributed by atoms with van der Waals surface area (Å²) in [4.78, 5) is 10.7. The van der Waals surface area contributed by atoms with Crippen LogP contribution in [0.5, 0.6) is 5.75 Å². The van der Waals surface area contributed by atoms with Gasteiger partial charge in [-0.15, -0.1) is 0 Å². The van der Waals surface area contributed by atoms with Crippen LogP contribution in [0.2, 0.25) is 0 Å². The molecule has 0 N–H and O–H groups in total. The summed E-state index contributed by atoms with van der Waals surface area (Å²) in [6, 6.07) is 7.26. The van der Waals surface area contributed by atoms with Crippen LogP contribution in [0.3, 0.4) is 0 Å². The first-order valence-corrected chi connectivity index (χ1v) is 4.47. The fourth-order valence-electron chi connectivity index (χ4n) is 0.758. The third kappa shape index (κ3) is 3.46. The molecule has 0 heterocycles. The molecule has 0 aliphatic rings. The average molecular weight is 245 g/mol. The Morgan fingerprint density at radius 3 is 2.92 bits per heavy atom. The van der Waals surface area contributed by atoms with E-state index in [0.29, 0.717) is 5.75 Å². The number of methoxy groups -OCH3 is 1. The maximum Gasteiger partial charge on any atom is 0.343 e. The van der Waals surface area contributed by atoms with E-state index >= 15 is 0 Å². The van der Waals surface area contributed by atoms with Crippen LogP contribution in [0.1, 0.15) is 0 Å². The van der Waals surface area contributed by atoms with Crippen molar-refractivity contribution in [2.75, 3.05) is 13.7 Å². The van der Waals surface area contributed by atoms with Gasteiger partial charge in [0.15, 0.2) is 6.61 Å². The topological polar surface area (TPSA) is 35.5 Å². The van der Waals surface area contributed by atoms with Gasteiger partial charge in [0.2, 0.25) is 0 Å². The standard InChI is InChI=1S/C9H9BrO3/c1-12-9(11)6-13-8-4-2-3-7(10)5-8/h2-5H,6H2,1H3. The van der Waals surface area contributed by atoms with E-state index in [2.05, 4.69) is 20.7 Å². The molecule has 0 bridgehead atoms. The monoisotopic (exact) mass is 244 g/mol. The Balaban J connectivity index is 2.50. The van der Waals surface area contributed by atoms with Crippen molar-refractivity contribution in [3.05, 3.63) is 28.7 Å². The van der Waals surface area contributed by atoms with Gasteiger partial charge in [0, 0.05) is 4.47 Å². The minimum Gasteiger partial charge on any atom is -0.482 e. The molecule has 70 valence electrons. The van der Waals surface area contributed by atoms with Crippen LogP contribution in [-0.2, 0) is 9.53 Å². The largest absolute Gasteiger partial charge is 0.482 e. The molecule has 4 heteroatoms. The van der Waals surface area contributed by atoms with Gasteiger partial charge < -0.3 is 9.47 Å². The maximum absolute atomic E-state index is 10.7. The van der Waals surface area contributed by atoms with Gasteiger partial charge in [-0.25, -0.2) is 4.79 Å². The number of esters is 1. The second kappa shape index (κ2) is 4.87. The van der Waals surface area contributed by atoms with Crippen LogP contribution in [0.4, 0.5) is 0 Å². The molecule has 1 rings (SSSR count). The van der Waals surface area contributed by atoms with Crippen molar-refractivity contribution in [2.24, 2.45) is 0 Å². The lowest BCUT2D eigenvalue weighted by atomic mass is 10.3. The number of carbonyl (C=O) groups is 1. The molecule has 0 aromatic heterocycles. The van der Waals surface area contributed by atoms with Crippen LogP contribution >= 0.6 is 15.9 Å². The zero-order valence-corrected chi connectivity index (χ0v) is 8.71. The average Bonchev–Trinajstić information content (AvgIpc) is 2.14. The van der Waals surface area contributed by atoms with Crippen molar-refractivity contribution in [1.82, 2.24) is 0 Å². The van der Waals surface area contributed by atoms with Crippen molar-refractivity contribution in [1.29, 1.82) is 0 Å². The SMILES string of the molecule is COC(=O)COc1cccc(Br)c1. The Kier molecular flexibility index (Phi) is 3.76. The van der Waals surface area contributed by atoms with E-state index in [4.69, 9.17) is 4.74 Å². The van der Waals surface area contributed by atoms with Gasteiger partial charge in [-0.1, -0.05) is 22.0 Å². The zero-order valence-electron chi connectivity index (χ0n) is 7.12. The lowest BCUT2D eigenvalue weighted by Gasteiger charge is -2.04. The molecule has 3 nitrogen and oxygen atoms in total. The lowest BCUT2D eigenvalue weighted by Crippen LogP contribution is -2.12. The van der Waals surface area contributed by atoms with E-state index in [1.54, 1.807) is 12.1 Å². The van der Waals surface area contributed by atoms with Crippen molar-refractivity contribution in [2.45, 2.75) is 0 Å². The Morgan fingerprint density at radius 2 is 2.31 bits per heavy atom. The van der Waals surface area contributed by atoms with Gasteiger partial charge in [0.05, 0.1) is 7.11 Å². The molecule has 0 amide bonds. The molecule has 0 aliphatic heterocycles. The van der Waals surface area contributed by atoms with E-state index in [-0.39, 0.29) is 12.6 Å². The summed E-state index contributed by atoms with van der Waals surface area (Å²) < 4.78 is 10.5. The Hall–Kier alpha value is -1.03. The molecule has 1 aromatic carbocycles. The number of halogens is 1. The predicted molar refractivity (Wildman–Crippen MR) is 51.7 cm³/mol. The van der Waals surface area contributed by atoms with E-state index in [0.717, 1.165) is 4.47 Å². The highest BCUT2D eigenvalue weighted by Crippen LogP contribution is 2.17. The van der Waals surface area contributed by atoms with E-state index in [1.807, 2.05) is 12.1 Å². The summed E-state index contributed by atoms with van der Waals surface area (Å²) in [7, 11) is 1.33. The molecule has 1 aromatic rings. The normalized spacial score (nSPS) is 9.38. The maximum atomic E-state index is 10.7. The molecule has 0 aliphatic carbocycles. The fraction of sp³-hybridized carbons (Fsp3) is 0.222. The highest BCUT2D eigenvalue weighted by Gasteiger charge is 2.01.